The summed E-state index contributed by atoms with van der Waals surface area (Å²) in [6.07, 6.45) is 1.48. The number of carbonyl (C=O) groups is 2. The quantitative estimate of drug-likeness (QED) is 0.708. The summed E-state index contributed by atoms with van der Waals surface area (Å²) in [6, 6.07) is 4.42. The molecule has 2 heterocycles. The minimum atomic E-state index is -3.77. The number of esters is 1. The molecule has 0 saturated carbocycles. The molecule has 0 bridgehead atoms. The second-order valence-electron chi connectivity index (χ2n) is 6.89. The Hall–Kier alpha value is -1.68. The summed E-state index contributed by atoms with van der Waals surface area (Å²) in [5, 5.41) is 3.03. The van der Waals surface area contributed by atoms with E-state index in [0.717, 1.165) is 13.0 Å². The van der Waals surface area contributed by atoms with Crippen molar-refractivity contribution >= 4 is 34.3 Å². The van der Waals surface area contributed by atoms with Crippen LogP contribution in [0.1, 0.15) is 28.8 Å². The minimum absolute atomic E-state index is 0. The van der Waals surface area contributed by atoms with E-state index in [-0.39, 0.29) is 41.4 Å². The molecule has 1 atom stereocenters. The van der Waals surface area contributed by atoms with Crippen LogP contribution in [0.25, 0.3) is 0 Å². The van der Waals surface area contributed by atoms with E-state index in [0.29, 0.717) is 31.6 Å². The lowest BCUT2D eigenvalue weighted by atomic mass is 10.1. The van der Waals surface area contributed by atoms with Crippen LogP contribution in [0.3, 0.4) is 0 Å². The van der Waals surface area contributed by atoms with Crippen molar-refractivity contribution in [1.82, 2.24) is 14.5 Å². The van der Waals surface area contributed by atoms with E-state index in [9.17, 15) is 18.0 Å². The number of hydrogen-bond acceptors (Lipinski definition) is 6. The molecular weight excluding hydrogens is 406 g/mol. The first-order chi connectivity index (χ1) is 12.8. The first-order valence-corrected chi connectivity index (χ1v) is 10.5. The fraction of sp³-hybridized carbons (Fsp3) is 0.556. The largest absolute Gasteiger partial charge is 0.465 e. The number of piperidine rings is 1. The molecule has 0 aliphatic carbocycles. The molecule has 0 spiro atoms. The Morgan fingerprint density at radius 1 is 1.29 bits per heavy atom. The van der Waals surface area contributed by atoms with Crippen molar-refractivity contribution in [2.75, 3.05) is 39.8 Å². The number of nitrogens with one attached hydrogen (secondary N) is 1. The zero-order valence-corrected chi connectivity index (χ0v) is 17.6. The zero-order chi connectivity index (χ0) is 19.6. The number of halogens is 1. The van der Waals surface area contributed by atoms with Crippen LogP contribution in [0.4, 0.5) is 0 Å². The van der Waals surface area contributed by atoms with Crippen molar-refractivity contribution in [2.24, 2.45) is 0 Å². The Bertz CT molecular complexity index is 846. The van der Waals surface area contributed by atoms with Gasteiger partial charge in [-0.1, -0.05) is 6.07 Å². The second-order valence-corrected chi connectivity index (χ2v) is 8.80. The molecule has 1 amide bonds. The molecule has 156 valence electrons. The van der Waals surface area contributed by atoms with Crippen LogP contribution in [0.2, 0.25) is 0 Å². The fourth-order valence-electron chi connectivity index (χ4n) is 3.66. The molecular formula is C18H26ClN3O5S. The third-order valence-electron chi connectivity index (χ3n) is 5.15. The molecule has 0 aromatic heterocycles. The number of benzene rings is 1. The first-order valence-electron chi connectivity index (χ1n) is 9.04. The van der Waals surface area contributed by atoms with Crippen molar-refractivity contribution < 1.29 is 22.7 Å². The van der Waals surface area contributed by atoms with Crippen LogP contribution < -0.4 is 5.32 Å². The van der Waals surface area contributed by atoms with Gasteiger partial charge < -0.3 is 15.0 Å². The summed E-state index contributed by atoms with van der Waals surface area (Å²) in [6.45, 7) is 3.99. The number of ether oxygens (including phenoxy) is 1. The van der Waals surface area contributed by atoms with Gasteiger partial charge in [-0.3, -0.25) is 4.79 Å². The van der Waals surface area contributed by atoms with Crippen molar-refractivity contribution in [3.05, 3.63) is 29.3 Å². The predicted octanol–water partition coefficient (Wildman–Crippen LogP) is 0.788. The Balaban J connectivity index is 0.00000280. The first kappa shape index (κ1) is 22.6. The van der Waals surface area contributed by atoms with E-state index >= 15 is 0 Å². The van der Waals surface area contributed by atoms with Crippen molar-refractivity contribution in [3.8, 4) is 0 Å². The van der Waals surface area contributed by atoms with Crippen molar-refractivity contribution in [1.29, 1.82) is 0 Å². The number of carbonyl (C=O) groups excluding carboxylic acids is 2. The molecule has 10 heteroatoms. The lowest BCUT2D eigenvalue weighted by molar-refractivity contribution is -0.135. The Morgan fingerprint density at radius 3 is 2.71 bits per heavy atom. The van der Waals surface area contributed by atoms with Crippen LogP contribution in [0.5, 0.6) is 0 Å². The van der Waals surface area contributed by atoms with Gasteiger partial charge in [0.1, 0.15) is 0 Å². The van der Waals surface area contributed by atoms with Gasteiger partial charge in [-0.15, -0.1) is 12.4 Å². The third kappa shape index (κ3) is 4.48. The van der Waals surface area contributed by atoms with Crippen LogP contribution in [-0.4, -0.2) is 75.4 Å². The van der Waals surface area contributed by atoms with Gasteiger partial charge in [0.2, 0.25) is 15.9 Å². The average Bonchev–Trinajstić information content (AvgIpc) is 2.68. The molecule has 1 N–H and O–H groups in total. The smallest absolute Gasteiger partial charge is 0.337 e. The van der Waals surface area contributed by atoms with Gasteiger partial charge in [0, 0.05) is 32.2 Å². The molecule has 2 aliphatic heterocycles. The molecule has 1 aromatic carbocycles. The number of hydrogen-bond donors (Lipinski definition) is 1. The summed E-state index contributed by atoms with van der Waals surface area (Å²) >= 11 is 0. The highest BCUT2D eigenvalue weighted by atomic mass is 35.5. The van der Waals surface area contributed by atoms with Gasteiger partial charge in [-0.05, 0) is 37.5 Å². The molecule has 8 nitrogen and oxygen atoms in total. The number of methoxy groups -OCH3 is 1. The van der Waals surface area contributed by atoms with E-state index < -0.39 is 16.0 Å². The summed E-state index contributed by atoms with van der Waals surface area (Å²) in [5.41, 5.74) is 0.774. The van der Waals surface area contributed by atoms with Crippen molar-refractivity contribution in [2.45, 2.75) is 30.7 Å². The Morgan fingerprint density at radius 2 is 2.04 bits per heavy atom. The number of nitrogens with zero attached hydrogens (tertiary/aromatic N) is 2. The molecule has 1 aromatic rings. The number of rotatable bonds is 4. The maximum atomic E-state index is 13.2. The Kier molecular flexibility index (Phi) is 7.44. The van der Waals surface area contributed by atoms with Crippen LogP contribution >= 0.6 is 12.4 Å². The Labute approximate surface area is 171 Å². The summed E-state index contributed by atoms with van der Waals surface area (Å²) in [7, 11) is -2.51. The lowest BCUT2D eigenvalue weighted by Gasteiger charge is -2.40. The molecule has 2 saturated heterocycles. The highest BCUT2D eigenvalue weighted by Gasteiger charge is 2.35. The van der Waals surface area contributed by atoms with Gasteiger partial charge in [0.25, 0.3) is 0 Å². The van der Waals surface area contributed by atoms with E-state index in [1.165, 1.54) is 17.5 Å². The van der Waals surface area contributed by atoms with E-state index in [2.05, 4.69) is 5.32 Å². The van der Waals surface area contributed by atoms with Gasteiger partial charge in [0.15, 0.2) is 0 Å². The van der Waals surface area contributed by atoms with Crippen LogP contribution in [0, 0.1) is 6.92 Å². The number of amides is 1. The number of sulfonamides is 1. The summed E-state index contributed by atoms with van der Waals surface area (Å²) < 4.78 is 32.6. The fourth-order valence-corrected chi connectivity index (χ4v) is 5.43. The molecule has 0 radical (unpaired) electrons. The van der Waals surface area contributed by atoms with Crippen molar-refractivity contribution in [3.63, 3.8) is 0 Å². The third-order valence-corrected chi connectivity index (χ3v) is 7.16. The average molecular weight is 432 g/mol. The summed E-state index contributed by atoms with van der Waals surface area (Å²) in [5.74, 6) is -0.566. The van der Waals surface area contributed by atoms with E-state index in [1.54, 1.807) is 24.0 Å². The topological polar surface area (TPSA) is 96.0 Å². The van der Waals surface area contributed by atoms with E-state index in [1.807, 2.05) is 0 Å². The highest BCUT2D eigenvalue weighted by molar-refractivity contribution is 7.89. The SMILES string of the molecule is COC(=O)c1ccc(C)c(S(=O)(=O)N2CCCC(N3CCNCC3=O)C2)c1.Cl. The van der Waals surface area contributed by atoms with Gasteiger partial charge >= 0.3 is 5.97 Å². The second kappa shape index (κ2) is 9.21. The lowest BCUT2D eigenvalue weighted by Crippen LogP contribution is -2.57. The maximum Gasteiger partial charge on any atom is 0.337 e. The predicted molar refractivity (Wildman–Crippen MR) is 106 cm³/mol. The molecule has 1 unspecified atom stereocenters. The summed E-state index contributed by atoms with van der Waals surface area (Å²) in [4.78, 5) is 25.9. The van der Waals surface area contributed by atoms with Gasteiger partial charge in [-0.2, -0.15) is 4.31 Å². The number of piperazine rings is 1. The van der Waals surface area contributed by atoms with Crippen LogP contribution in [0.15, 0.2) is 23.1 Å². The molecule has 28 heavy (non-hydrogen) atoms. The zero-order valence-electron chi connectivity index (χ0n) is 16.0. The van der Waals surface area contributed by atoms with Gasteiger partial charge in [0.05, 0.1) is 24.1 Å². The maximum absolute atomic E-state index is 13.2. The standard InChI is InChI=1S/C18H25N3O5S.ClH/c1-13-5-6-14(18(23)26-2)10-16(13)27(24,25)20-8-3-4-15(12-20)21-9-7-19-11-17(21)22;/h5-6,10,15,19H,3-4,7-9,11-12H2,1-2H3;1H. The molecule has 3 rings (SSSR count). The minimum Gasteiger partial charge on any atom is -0.465 e. The van der Waals surface area contributed by atoms with E-state index in [4.69, 9.17) is 4.74 Å². The number of aryl methyl sites for hydroxylation is 1. The van der Waals surface area contributed by atoms with Gasteiger partial charge in [-0.25, -0.2) is 13.2 Å². The van der Waals surface area contributed by atoms with Crippen LogP contribution in [-0.2, 0) is 19.6 Å². The molecule has 2 aliphatic rings. The monoisotopic (exact) mass is 431 g/mol. The molecule has 2 fully saturated rings. The highest BCUT2D eigenvalue weighted by Crippen LogP contribution is 2.26. The normalized spacial score (nSPS) is 21.1.